The number of rotatable bonds is 3. The van der Waals surface area contributed by atoms with Gasteiger partial charge in [-0.15, -0.1) is 0 Å². The molecule has 0 aromatic heterocycles. The van der Waals surface area contributed by atoms with Crippen molar-refractivity contribution in [3.63, 3.8) is 0 Å². The van der Waals surface area contributed by atoms with Crippen molar-refractivity contribution in [2.75, 3.05) is 13.2 Å². The van der Waals surface area contributed by atoms with Gasteiger partial charge < -0.3 is 14.4 Å². The molecule has 0 radical (unpaired) electrons. The number of hydrogen-bond acceptors (Lipinski definition) is 3. The van der Waals surface area contributed by atoms with Crippen LogP contribution in [0.5, 0.6) is 11.5 Å². The maximum atomic E-state index is 12.1. The zero-order valence-corrected chi connectivity index (χ0v) is 11.1. The number of hydrogen-bond donors (Lipinski definition) is 0. The van der Waals surface area contributed by atoms with Crippen molar-refractivity contribution in [3.05, 3.63) is 23.8 Å². The lowest BCUT2D eigenvalue weighted by molar-refractivity contribution is -0.137. The van der Waals surface area contributed by atoms with E-state index in [0.29, 0.717) is 31.2 Å². The highest BCUT2D eigenvalue weighted by atomic mass is 16.5. The molecule has 1 aromatic carbocycles. The fraction of sp³-hybridized carbons (Fsp3) is 0.500. The number of carbonyl (C=O) groups excluding carboxylic acids is 1. The largest absolute Gasteiger partial charge is 0.490 e. The first-order valence-electron chi connectivity index (χ1n) is 6.37. The molecule has 0 N–H and O–H groups in total. The number of likely N-dealkylation sites (N-methyl/N-ethyl adjacent to an activating group) is 1. The summed E-state index contributed by atoms with van der Waals surface area (Å²) in [4.78, 5) is 13.9. The standard InChI is InChI=1S/C14H19NO3/c1-4-15-9-11-7-6-8-12(17-5-2)13(11)18-10(3)14(15)16/h6-8,10H,4-5,9H2,1-3H3/t10-/m0/s1. The number of para-hydroxylation sites is 1. The van der Waals surface area contributed by atoms with Crippen LogP contribution in [0.4, 0.5) is 0 Å². The molecule has 4 heteroatoms. The van der Waals surface area contributed by atoms with Gasteiger partial charge in [0.2, 0.25) is 0 Å². The molecule has 0 bridgehead atoms. The number of nitrogens with zero attached hydrogens (tertiary/aromatic N) is 1. The molecule has 1 amide bonds. The molecule has 1 aliphatic rings. The van der Waals surface area contributed by atoms with Crippen molar-refractivity contribution in [3.8, 4) is 11.5 Å². The smallest absolute Gasteiger partial charge is 0.263 e. The first-order chi connectivity index (χ1) is 8.67. The Hall–Kier alpha value is -1.71. The van der Waals surface area contributed by atoms with Crippen LogP contribution in [-0.2, 0) is 11.3 Å². The van der Waals surface area contributed by atoms with E-state index >= 15 is 0 Å². The van der Waals surface area contributed by atoms with Crippen LogP contribution in [0.25, 0.3) is 0 Å². The average molecular weight is 249 g/mol. The molecule has 0 unspecified atom stereocenters. The minimum Gasteiger partial charge on any atom is -0.490 e. The number of ether oxygens (including phenoxy) is 2. The summed E-state index contributed by atoms with van der Waals surface area (Å²) in [6.07, 6.45) is -0.465. The summed E-state index contributed by atoms with van der Waals surface area (Å²) in [7, 11) is 0. The molecule has 0 fully saturated rings. The van der Waals surface area contributed by atoms with E-state index in [1.807, 2.05) is 32.0 Å². The lowest BCUT2D eigenvalue weighted by Crippen LogP contribution is -2.37. The highest BCUT2D eigenvalue weighted by Gasteiger charge is 2.28. The first kappa shape index (κ1) is 12.7. The Morgan fingerprint density at radius 2 is 2.22 bits per heavy atom. The Kier molecular flexibility index (Phi) is 3.75. The molecule has 2 rings (SSSR count). The Morgan fingerprint density at radius 3 is 2.89 bits per heavy atom. The summed E-state index contributed by atoms with van der Waals surface area (Å²) in [5.41, 5.74) is 1.00. The number of fused-ring (bicyclic) bond motifs is 1. The molecule has 98 valence electrons. The Balaban J connectivity index is 2.40. The van der Waals surface area contributed by atoms with Crippen molar-refractivity contribution in [1.82, 2.24) is 4.90 Å². The second-order valence-electron chi connectivity index (χ2n) is 4.29. The first-order valence-corrected chi connectivity index (χ1v) is 6.37. The Bertz CT molecular complexity index is 445. The molecule has 1 atom stereocenters. The summed E-state index contributed by atoms with van der Waals surface area (Å²) in [6, 6.07) is 5.79. The predicted octanol–water partition coefficient (Wildman–Crippen LogP) is 2.21. The monoisotopic (exact) mass is 249 g/mol. The van der Waals surface area contributed by atoms with Gasteiger partial charge in [0.05, 0.1) is 6.61 Å². The molecule has 1 aromatic rings. The zero-order chi connectivity index (χ0) is 13.1. The van der Waals surface area contributed by atoms with E-state index in [1.54, 1.807) is 11.8 Å². The SMILES string of the molecule is CCOc1cccc2c1O[C@@H](C)C(=O)N(CC)C2. The van der Waals surface area contributed by atoms with Crippen LogP contribution in [0.1, 0.15) is 26.3 Å². The van der Waals surface area contributed by atoms with E-state index in [1.165, 1.54) is 0 Å². The van der Waals surface area contributed by atoms with E-state index in [-0.39, 0.29) is 5.91 Å². The van der Waals surface area contributed by atoms with E-state index < -0.39 is 6.10 Å². The topological polar surface area (TPSA) is 38.8 Å². The van der Waals surface area contributed by atoms with Crippen LogP contribution in [0.2, 0.25) is 0 Å². The van der Waals surface area contributed by atoms with Crippen molar-refractivity contribution in [2.24, 2.45) is 0 Å². The third-order valence-electron chi connectivity index (χ3n) is 3.06. The van der Waals surface area contributed by atoms with E-state index in [9.17, 15) is 4.79 Å². The molecule has 18 heavy (non-hydrogen) atoms. The third-order valence-corrected chi connectivity index (χ3v) is 3.06. The predicted molar refractivity (Wildman–Crippen MR) is 68.8 cm³/mol. The van der Waals surface area contributed by atoms with Crippen LogP contribution in [0.15, 0.2) is 18.2 Å². The van der Waals surface area contributed by atoms with Crippen LogP contribution in [-0.4, -0.2) is 30.1 Å². The van der Waals surface area contributed by atoms with E-state index in [4.69, 9.17) is 9.47 Å². The second-order valence-corrected chi connectivity index (χ2v) is 4.29. The fourth-order valence-corrected chi connectivity index (χ4v) is 2.12. The van der Waals surface area contributed by atoms with Crippen LogP contribution >= 0.6 is 0 Å². The molecule has 0 aliphatic carbocycles. The van der Waals surface area contributed by atoms with Gasteiger partial charge in [0.1, 0.15) is 0 Å². The van der Waals surface area contributed by atoms with Gasteiger partial charge in [-0.25, -0.2) is 0 Å². The van der Waals surface area contributed by atoms with Gasteiger partial charge >= 0.3 is 0 Å². The molecule has 1 aliphatic heterocycles. The van der Waals surface area contributed by atoms with Gasteiger partial charge in [0, 0.05) is 18.7 Å². The summed E-state index contributed by atoms with van der Waals surface area (Å²) in [5.74, 6) is 1.44. The number of amides is 1. The van der Waals surface area contributed by atoms with Gasteiger partial charge in [-0.05, 0) is 26.8 Å². The maximum absolute atomic E-state index is 12.1. The Labute approximate surface area is 107 Å². The van der Waals surface area contributed by atoms with Crippen molar-refractivity contribution >= 4 is 5.91 Å². The van der Waals surface area contributed by atoms with Gasteiger partial charge in [0.15, 0.2) is 17.6 Å². The fourth-order valence-electron chi connectivity index (χ4n) is 2.12. The summed E-state index contributed by atoms with van der Waals surface area (Å²) >= 11 is 0. The molecule has 0 spiro atoms. The minimum atomic E-state index is -0.465. The van der Waals surface area contributed by atoms with Gasteiger partial charge in [-0.1, -0.05) is 12.1 Å². The maximum Gasteiger partial charge on any atom is 0.263 e. The van der Waals surface area contributed by atoms with Gasteiger partial charge in [0.25, 0.3) is 5.91 Å². The summed E-state index contributed by atoms with van der Waals surface area (Å²) in [6.45, 7) is 7.54. The minimum absolute atomic E-state index is 0.0242. The summed E-state index contributed by atoms with van der Waals surface area (Å²) in [5, 5.41) is 0. The molecule has 0 saturated heterocycles. The number of carbonyl (C=O) groups is 1. The van der Waals surface area contributed by atoms with Crippen LogP contribution in [0, 0.1) is 0 Å². The third kappa shape index (κ3) is 2.28. The average Bonchev–Trinajstić information content (AvgIpc) is 2.49. The lowest BCUT2D eigenvalue weighted by Gasteiger charge is -2.19. The highest BCUT2D eigenvalue weighted by Crippen LogP contribution is 2.35. The quantitative estimate of drug-likeness (QED) is 0.824. The Morgan fingerprint density at radius 1 is 1.44 bits per heavy atom. The molecular formula is C14H19NO3. The second kappa shape index (κ2) is 5.29. The molecule has 4 nitrogen and oxygen atoms in total. The molecule has 1 heterocycles. The van der Waals surface area contributed by atoms with Gasteiger partial charge in [-0.3, -0.25) is 4.79 Å². The number of benzene rings is 1. The molecular weight excluding hydrogens is 230 g/mol. The van der Waals surface area contributed by atoms with Crippen LogP contribution < -0.4 is 9.47 Å². The summed E-state index contributed by atoms with van der Waals surface area (Å²) < 4.78 is 11.3. The normalized spacial score (nSPS) is 18.9. The molecule has 0 saturated carbocycles. The van der Waals surface area contributed by atoms with Crippen LogP contribution in [0.3, 0.4) is 0 Å². The van der Waals surface area contributed by atoms with E-state index in [2.05, 4.69) is 0 Å². The van der Waals surface area contributed by atoms with Gasteiger partial charge in [-0.2, -0.15) is 0 Å². The van der Waals surface area contributed by atoms with Crippen molar-refractivity contribution < 1.29 is 14.3 Å². The zero-order valence-electron chi connectivity index (χ0n) is 11.1. The highest BCUT2D eigenvalue weighted by molar-refractivity contribution is 5.81. The lowest BCUT2D eigenvalue weighted by atomic mass is 10.1. The van der Waals surface area contributed by atoms with Crippen molar-refractivity contribution in [1.29, 1.82) is 0 Å². The van der Waals surface area contributed by atoms with Crippen molar-refractivity contribution in [2.45, 2.75) is 33.4 Å². The van der Waals surface area contributed by atoms with E-state index in [0.717, 1.165) is 5.56 Å².